The minimum Gasteiger partial charge on any atom is -0.491 e. The van der Waals surface area contributed by atoms with Crippen molar-refractivity contribution < 1.29 is 4.74 Å². The summed E-state index contributed by atoms with van der Waals surface area (Å²) in [5.74, 6) is 1.71. The van der Waals surface area contributed by atoms with Crippen LogP contribution in [0.5, 0.6) is 5.75 Å². The Bertz CT molecular complexity index is 349. The van der Waals surface area contributed by atoms with Gasteiger partial charge in [0.1, 0.15) is 5.75 Å². The van der Waals surface area contributed by atoms with Crippen molar-refractivity contribution in [1.29, 1.82) is 0 Å². The molecule has 0 aliphatic rings. The molecule has 1 rings (SSSR count). The lowest BCUT2D eigenvalue weighted by Gasteiger charge is -2.21. The van der Waals surface area contributed by atoms with E-state index in [0.717, 1.165) is 12.3 Å². The lowest BCUT2D eigenvalue weighted by molar-refractivity contribution is 0.238. The van der Waals surface area contributed by atoms with Gasteiger partial charge in [-0.3, -0.25) is 0 Å². The van der Waals surface area contributed by atoms with Gasteiger partial charge in [-0.25, -0.2) is 0 Å². The predicted octanol–water partition coefficient (Wildman–Crippen LogP) is 4.17. The number of hydrogen-bond donors (Lipinski definition) is 1. The Hall–Kier alpha value is -1.02. The fourth-order valence-corrected chi connectivity index (χ4v) is 1.83. The summed E-state index contributed by atoms with van der Waals surface area (Å²) < 4.78 is 5.86. The van der Waals surface area contributed by atoms with Crippen LogP contribution in [-0.4, -0.2) is 12.6 Å². The molecule has 2 nitrogen and oxygen atoms in total. The van der Waals surface area contributed by atoms with E-state index in [1.54, 1.807) is 0 Å². The van der Waals surface area contributed by atoms with Crippen LogP contribution in [0, 0.1) is 5.92 Å². The van der Waals surface area contributed by atoms with Crippen molar-refractivity contribution in [1.82, 2.24) is 5.32 Å². The zero-order valence-corrected chi connectivity index (χ0v) is 12.4. The van der Waals surface area contributed by atoms with Gasteiger partial charge in [-0.15, -0.1) is 0 Å². The maximum absolute atomic E-state index is 5.86. The highest BCUT2D eigenvalue weighted by atomic mass is 16.5. The molecule has 0 spiro atoms. The van der Waals surface area contributed by atoms with Crippen LogP contribution in [0.1, 0.15) is 52.6 Å². The van der Waals surface area contributed by atoms with Crippen molar-refractivity contribution in [3.05, 3.63) is 29.8 Å². The summed E-state index contributed by atoms with van der Waals surface area (Å²) in [6, 6.07) is 8.63. The first kappa shape index (κ1) is 15.0. The van der Waals surface area contributed by atoms with E-state index in [1.165, 1.54) is 12.0 Å². The van der Waals surface area contributed by atoms with Gasteiger partial charge in [0, 0.05) is 11.6 Å². The van der Waals surface area contributed by atoms with Gasteiger partial charge in [-0.05, 0) is 39.3 Å². The highest BCUT2D eigenvalue weighted by Gasteiger charge is 2.12. The van der Waals surface area contributed by atoms with Crippen LogP contribution >= 0.6 is 0 Å². The van der Waals surface area contributed by atoms with E-state index < -0.39 is 0 Å². The molecule has 1 N–H and O–H groups in total. The zero-order chi connectivity index (χ0) is 13.5. The van der Waals surface area contributed by atoms with Gasteiger partial charge in [0.05, 0.1) is 6.10 Å². The molecule has 1 aromatic rings. The van der Waals surface area contributed by atoms with Crippen molar-refractivity contribution in [2.75, 3.05) is 6.54 Å². The Kier molecular flexibility index (Phi) is 6.20. The van der Waals surface area contributed by atoms with Crippen LogP contribution in [0.4, 0.5) is 0 Å². The number of nitrogens with one attached hydrogen (secondary N) is 1. The van der Waals surface area contributed by atoms with Gasteiger partial charge in [0.15, 0.2) is 0 Å². The molecule has 2 unspecified atom stereocenters. The highest BCUT2D eigenvalue weighted by Crippen LogP contribution is 2.25. The molecule has 1 aromatic carbocycles. The first-order valence-electron chi connectivity index (χ1n) is 7.03. The summed E-state index contributed by atoms with van der Waals surface area (Å²) >= 11 is 0. The number of para-hydroxylation sites is 1. The second-order valence-electron chi connectivity index (χ2n) is 5.35. The van der Waals surface area contributed by atoms with Gasteiger partial charge in [0.2, 0.25) is 0 Å². The Balaban J connectivity index is 2.69. The first-order chi connectivity index (χ1) is 8.54. The molecular weight excluding hydrogens is 222 g/mol. The summed E-state index contributed by atoms with van der Waals surface area (Å²) in [5.41, 5.74) is 1.24. The molecule has 0 amide bonds. The third-order valence-corrected chi connectivity index (χ3v) is 3.22. The average Bonchev–Trinajstić information content (AvgIpc) is 2.35. The van der Waals surface area contributed by atoms with E-state index in [4.69, 9.17) is 4.74 Å². The number of hydrogen-bond acceptors (Lipinski definition) is 2. The largest absolute Gasteiger partial charge is 0.491 e. The molecule has 0 fully saturated rings. The third kappa shape index (κ3) is 4.69. The summed E-state index contributed by atoms with van der Waals surface area (Å²) in [6.45, 7) is 11.9. The Morgan fingerprint density at radius 1 is 1.11 bits per heavy atom. The van der Waals surface area contributed by atoms with Crippen molar-refractivity contribution >= 4 is 0 Å². The topological polar surface area (TPSA) is 21.3 Å². The van der Waals surface area contributed by atoms with E-state index in [9.17, 15) is 0 Å². The molecule has 0 radical (unpaired) electrons. The first-order valence-corrected chi connectivity index (χ1v) is 7.03. The summed E-state index contributed by atoms with van der Waals surface area (Å²) in [6.07, 6.45) is 1.43. The second kappa shape index (κ2) is 7.42. The zero-order valence-electron chi connectivity index (χ0n) is 12.4. The van der Waals surface area contributed by atoms with E-state index >= 15 is 0 Å². The van der Waals surface area contributed by atoms with E-state index in [2.05, 4.69) is 58.1 Å². The standard InChI is InChI=1S/C16H27NO/c1-6-13(4)11-17-14(5)15-9-7-8-10-16(15)18-12(2)3/h7-10,12-14,17H,6,11H2,1-5H3. The normalized spacial score (nSPS) is 14.6. The minimum atomic E-state index is 0.216. The lowest BCUT2D eigenvalue weighted by Crippen LogP contribution is -2.25. The average molecular weight is 249 g/mol. The molecule has 2 heteroatoms. The third-order valence-electron chi connectivity index (χ3n) is 3.22. The van der Waals surface area contributed by atoms with E-state index in [1.807, 2.05) is 6.07 Å². The molecule has 0 aliphatic carbocycles. The Labute approximate surface area is 112 Å². The Morgan fingerprint density at radius 2 is 1.78 bits per heavy atom. The maximum Gasteiger partial charge on any atom is 0.124 e. The molecule has 0 bridgehead atoms. The molecule has 102 valence electrons. The van der Waals surface area contributed by atoms with Crippen LogP contribution in [0.15, 0.2) is 24.3 Å². The monoisotopic (exact) mass is 249 g/mol. The fraction of sp³-hybridized carbons (Fsp3) is 0.625. The maximum atomic E-state index is 5.86. The van der Waals surface area contributed by atoms with Crippen molar-refractivity contribution in [3.63, 3.8) is 0 Å². The molecule has 0 saturated heterocycles. The fourth-order valence-electron chi connectivity index (χ4n) is 1.83. The van der Waals surface area contributed by atoms with Crippen molar-refractivity contribution in [2.24, 2.45) is 5.92 Å². The van der Waals surface area contributed by atoms with Gasteiger partial charge in [0.25, 0.3) is 0 Å². The molecule has 18 heavy (non-hydrogen) atoms. The quantitative estimate of drug-likeness (QED) is 0.783. The summed E-state index contributed by atoms with van der Waals surface area (Å²) in [4.78, 5) is 0. The molecular formula is C16H27NO. The smallest absolute Gasteiger partial charge is 0.124 e. The number of ether oxygens (including phenoxy) is 1. The molecule has 0 saturated carbocycles. The van der Waals surface area contributed by atoms with Crippen LogP contribution in [0.2, 0.25) is 0 Å². The van der Waals surface area contributed by atoms with Crippen LogP contribution in [-0.2, 0) is 0 Å². The van der Waals surface area contributed by atoms with Crippen LogP contribution in [0.25, 0.3) is 0 Å². The molecule has 0 aliphatic heterocycles. The second-order valence-corrected chi connectivity index (χ2v) is 5.35. The van der Waals surface area contributed by atoms with E-state index in [0.29, 0.717) is 12.0 Å². The molecule has 0 aromatic heterocycles. The van der Waals surface area contributed by atoms with Crippen molar-refractivity contribution in [2.45, 2.75) is 53.2 Å². The minimum absolute atomic E-state index is 0.216. The van der Waals surface area contributed by atoms with Gasteiger partial charge in [-0.2, -0.15) is 0 Å². The van der Waals surface area contributed by atoms with Crippen molar-refractivity contribution in [3.8, 4) is 5.75 Å². The van der Waals surface area contributed by atoms with Crippen LogP contribution in [0.3, 0.4) is 0 Å². The van der Waals surface area contributed by atoms with E-state index in [-0.39, 0.29) is 6.10 Å². The highest BCUT2D eigenvalue weighted by molar-refractivity contribution is 5.35. The van der Waals surface area contributed by atoms with Gasteiger partial charge < -0.3 is 10.1 Å². The van der Waals surface area contributed by atoms with Crippen LogP contribution < -0.4 is 10.1 Å². The number of benzene rings is 1. The molecule has 0 heterocycles. The lowest BCUT2D eigenvalue weighted by atomic mass is 10.1. The predicted molar refractivity (Wildman–Crippen MR) is 78.1 cm³/mol. The van der Waals surface area contributed by atoms with Gasteiger partial charge in [-0.1, -0.05) is 38.5 Å². The molecule has 2 atom stereocenters. The number of rotatable bonds is 7. The Morgan fingerprint density at radius 3 is 2.39 bits per heavy atom. The van der Waals surface area contributed by atoms with Gasteiger partial charge >= 0.3 is 0 Å². The SMILES string of the molecule is CCC(C)CNC(C)c1ccccc1OC(C)C. The summed E-state index contributed by atoms with van der Waals surface area (Å²) in [7, 11) is 0. The summed E-state index contributed by atoms with van der Waals surface area (Å²) in [5, 5.41) is 3.58.